The smallest absolute Gasteiger partial charge is 0.238 e. The molecule has 0 saturated heterocycles. The van der Waals surface area contributed by atoms with Crippen LogP contribution >= 0.6 is 0 Å². The van der Waals surface area contributed by atoms with Gasteiger partial charge in [-0.05, 0) is 38.2 Å². The molecule has 0 aliphatic carbocycles. The number of hydrogen-bond acceptors (Lipinski definition) is 5. The lowest BCUT2D eigenvalue weighted by molar-refractivity contribution is -0.119. The van der Waals surface area contributed by atoms with E-state index in [2.05, 4.69) is 10.6 Å². The van der Waals surface area contributed by atoms with Gasteiger partial charge in [0.15, 0.2) is 0 Å². The minimum Gasteiger partial charge on any atom is -0.497 e. The molecular formula is C20H25N3O4. The minimum absolute atomic E-state index is 0.0572. The van der Waals surface area contributed by atoms with E-state index in [-0.39, 0.29) is 24.9 Å². The van der Waals surface area contributed by atoms with Gasteiger partial charge >= 0.3 is 0 Å². The summed E-state index contributed by atoms with van der Waals surface area (Å²) in [6, 6.07) is 12.7. The lowest BCUT2D eigenvalue weighted by Gasteiger charge is -2.17. The number of anilines is 2. The van der Waals surface area contributed by atoms with Crippen molar-refractivity contribution >= 4 is 23.2 Å². The number of carbonyl (C=O) groups is 2. The number of nitrogens with one attached hydrogen (secondary N) is 2. The fraction of sp³-hybridized carbons (Fsp3) is 0.300. The van der Waals surface area contributed by atoms with Gasteiger partial charge in [-0.1, -0.05) is 17.7 Å². The molecule has 144 valence electrons. The van der Waals surface area contributed by atoms with E-state index >= 15 is 0 Å². The van der Waals surface area contributed by atoms with Crippen molar-refractivity contribution in [3.05, 3.63) is 48.0 Å². The molecule has 0 spiro atoms. The molecule has 0 aromatic heterocycles. The summed E-state index contributed by atoms with van der Waals surface area (Å²) in [6.07, 6.45) is 0. The van der Waals surface area contributed by atoms with Crippen LogP contribution in [-0.2, 0) is 9.59 Å². The van der Waals surface area contributed by atoms with Gasteiger partial charge < -0.3 is 20.1 Å². The zero-order valence-electron chi connectivity index (χ0n) is 16.0. The van der Waals surface area contributed by atoms with Crippen molar-refractivity contribution in [3.63, 3.8) is 0 Å². The Morgan fingerprint density at radius 1 is 0.926 bits per heavy atom. The maximum Gasteiger partial charge on any atom is 0.238 e. The first kappa shape index (κ1) is 20.3. The Kier molecular flexibility index (Phi) is 7.19. The van der Waals surface area contributed by atoms with Gasteiger partial charge in [0.05, 0.1) is 33.0 Å². The summed E-state index contributed by atoms with van der Waals surface area (Å²) in [7, 11) is 4.78. The van der Waals surface area contributed by atoms with Crippen LogP contribution in [0.1, 0.15) is 5.56 Å². The molecule has 2 rings (SSSR count). The van der Waals surface area contributed by atoms with E-state index in [9.17, 15) is 9.59 Å². The molecule has 0 atom stereocenters. The monoisotopic (exact) mass is 371 g/mol. The Bertz CT molecular complexity index is 790. The predicted octanol–water partition coefficient (Wildman–Crippen LogP) is 2.52. The summed E-state index contributed by atoms with van der Waals surface area (Å²) in [5, 5.41) is 5.59. The highest BCUT2D eigenvalue weighted by atomic mass is 16.5. The molecule has 0 aliphatic rings. The molecular weight excluding hydrogens is 346 g/mol. The summed E-state index contributed by atoms with van der Waals surface area (Å²) in [5.41, 5.74) is 2.36. The molecule has 2 amide bonds. The van der Waals surface area contributed by atoms with Gasteiger partial charge in [0.25, 0.3) is 0 Å². The SMILES string of the molecule is COc1ccc(OC)c(NC(=O)CN(C)CC(=O)Nc2ccc(C)cc2)c1. The topological polar surface area (TPSA) is 79.9 Å². The number of nitrogens with zero attached hydrogens (tertiary/aromatic N) is 1. The van der Waals surface area contributed by atoms with Crippen molar-refractivity contribution in [3.8, 4) is 11.5 Å². The fourth-order valence-corrected chi connectivity index (χ4v) is 2.49. The third-order valence-corrected chi connectivity index (χ3v) is 3.84. The Hall–Kier alpha value is -3.06. The summed E-state index contributed by atoms with van der Waals surface area (Å²) in [6.45, 7) is 2.13. The maximum absolute atomic E-state index is 12.3. The number of benzene rings is 2. The number of amides is 2. The average molecular weight is 371 g/mol. The van der Waals surface area contributed by atoms with Crippen molar-refractivity contribution in [1.29, 1.82) is 0 Å². The number of hydrogen-bond donors (Lipinski definition) is 2. The molecule has 27 heavy (non-hydrogen) atoms. The van der Waals surface area contributed by atoms with Crippen LogP contribution in [0.4, 0.5) is 11.4 Å². The van der Waals surface area contributed by atoms with Crippen molar-refractivity contribution in [1.82, 2.24) is 4.90 Å². The van der Waals surface area contributed by atoms with E-state index in [1.54, 1.807) is 37.3 Å². The van der Waals surface area contributed by atoms with E-state index in [1.165, 1.54) is 7.11 Å². The van der Waals surface area contributed by atoms with Gasteiger partial charge in [-0.25, -0.2) is 0 Å². The van der Waals surface area contributed by atoms with Crippen LogP contribution in [-0.4, -0.2) is 51.1 Å². The number of ether oxygens (including phenoxy) is 2. The lowest BCUT2D eigenvalue weighted by Crippen LogP contribution is -2.36. The maximum atomic E-state index is 12.3. The van der Waals surface area contributed by atoms with E-state index in [0.717, 1.165) is 11.3 Å². The van der Waals surface area contributed by atoms with Crippen LogP contribution in [0, 0.1) is 6.92 Å². The highest BCUT2D eigenvalue weighted by Crippen LogP contribution is 2.28. The predicted molar refractivity (Wildman–Crippen MR) is 105 cm³/mol. The molecule has 0 bridgehead atoms. The number of carbonyl (C=O) groups excluding carboxylic acids is 2. The first-order valence-corrected chi connectivity index (χ1v) is 8.48. The van der Waals surface area contributed by atoms with Crippen LogP contribution in [0.5, 0.6) is 11.5 Å². The van der Waals surface area contributed by atoms with Crippen LogP contribution in [0.2, 0.25) is 0 Å². The number of aryl methyl sites for hydroxylation is 1. The normalized spacial score (nSPS) is 10.4. The van der Waals surface area contributed by atoms with E-state index in [1.807, 2.05) is 31.2 Å². The van der Waals surface area contributed by atoms with Crippen molar-refractivity contribution < 1.29 is 19.1 Å². The van der Waals surface area contributed by atoms with Gasteiger partial charge in [0.1, 0.15) is 11.5 Å². The van der Waals surface area contributed by atoms with Crippen LogP contribution < -0.4 is 20.1 Å². The highest BCUT2D eigenvalue weighted by Gasteiger charge is 2.13. The molecule has 7 nitrogen and oxygen atoms in total. The summed E-state index contributed by atoms with van der Waals surface area (Å²) in [4.78, 5) is 26.0. The van der Waals surface area contributed by atoms with Gasteiger partial charge in [0.2, 0.25) is 11.8 Å². The summed E-state index contributed by atoms with van der Waals surface area (Å²) < 4.78 is 10.4. The zero-order valence-corrected chi connectivity index (χ0v) is 16.0. The zero-order chi connectivity index (χ0) is 19.8. The van der Waals surface area contributed by atoms with Crippen molar-refractivity contribution in [2.45, 2.75) is 6.92 Å². The molecule has 0 fully saturated rings. The standard InChI is InChI=1S/C20H25N3O4/c1-14-5-7-15(8-6-14)21-19(24)12-23(2)13-20(25)22-17-11-16(26-3)9-10-18(17)27-4/h5-11H,12-13H2,1-4H3,(H,21,24)(H,22,25). The van der Waals surface area contributed by atoms with Crippen molar-refractivity contribution in [2.24, 2.45) is 0 Å². The first-order chi connectivity index (χ1) is 12.9. The fourth-order valence-electron chi connectivity index (χ4n) is 2.49. The second-order valence-corrected chi connectivity index (χ2v) is 6.20. The van der Waals surface area contributed by atoms with Crippen LogP contribution in [0.25, 0.3) is 0 Å². The first-order valence-electron chi connectivity index (χ1n) is 8.48. The van der Waals surface area contributed by atoms with Crippen LogP contribution in [0.15, 0.2) is 42.5 Å². The third kappa shape index (κ3) is 6.31. The Balaban J connectivity index is 1.88. The number of likely N-dealkylation sites (N-methyl/N-ethyl adjacent to an activating group) is 1. The van der Waals surface area contributed by atoms with Gasteiger partial charge in [-0.3, -0.25) is 14.5 Å². The highest BCUT2D eigenvalue weighted by molar-refractivity contribution is 5.95. The van der Waals surface area contributed by atoms with Crippen molar-refractivity contribution in [2.75, 3.05) is 45.0 Å². The molecule has 7 heteroatoms. The second kappa shape index (κ2) is 9.59. The van der Waals surface area contributed by atoms with Crippen LogP contribution in [0.3, 0.4) is 0 Å². The third-order valence-electron chi connectivity index (χ3n) is 3.84. The Labute approximate surface area is 159 Å². The summed E-state index contributed by atoms with van der Waals surface area (Å²) in [5.74, 6) is 0.696. The van der Waals surface area contributed by atoms with E-state index < -0.39 is 0 Å². The molecule has 0 aliphatic heterocycles. The quantitative estimate of drug-likeness (QED) is 0.745. The molecule has 2 aromatic carbocycles. The molecule has 2 N–H and O–H groups in total. The lowest BCUT2D eigenvalue weighted by atomic mass is 10.2. The molecule has 0 saturated carbocycles. The molecule has 0 heterocycles. The molecule has 0 radical (unpaired) electrons. The largest absolute Gasteiger partial charge is 0.497 e. The summed E-state index contributed by atoms with van der Waals surface area (Å²) >= 11 is 0. The Morgan fingerprint density at radius 3 is 2.15 bits per heavy atom. The molecule has 0 unspecified atom stereocenters. The van der Waals surface area contributed by atoms with E-state index in [4.69, 9.17) is 9.47 Å². The van der Waals surface area contributed by atoms with E-state index in [0.29, 0.717) is 17.2 Å². The average Bonchev–Trinajstić information content (AvgIpc) is 2.63. The van der Waals surface area contributed by atoms with Gasteiger partial charge in [0, 0.05) is 11.8 Å². The minimum atomic E-state index is -0.257. The number of rotatable bonds is 8. The van der Waals surface area contributed by atoms with Gasteiger partial charge in [-0.2, -0.15) is 0 Å². The Morgan fingerprint density at radius 2 is 1.56 bits per heavy atom. The van der Waals surface area contributed by atoms with Gasteiger partial charge in [-0.15, -0.1) is 0 Å². The molecule has 2 aromatic rings. The second-order valence-electron chi connectivity index (χ2n) is 6.20. The number of methoxy groups -OCH3 is 2.